The Morgan fingerprint density at radius 1 is 1.41 bits per heavy atom. The minimum Gasteiger partial charge on any atom is -0.361 e. The highest BCUT2D eigenvalue weighted by Crippen LogP contribution is 2.11. The Labute approximate surface area is 101 Å². The van der Waals surface area contributed by atoms with Crippen LogP contribution in [0.1, 0.15) is 12.5 Å². The van der Waals surface area contributed by atoms with Crippen LogP contribution in [0.5, 0.6) is 0 Å². The number of anilines is 2. The summed E-state index contributed by atoms with van der Waals surface area (Å²) in [5.74, 6) is 1.26. The molecule has 0 aliphatic rings. The van der Waals surface area contributed by atoms with Crippen LogP contribution in [0.15, 0.2) is 6.20 Å². The lowest BCUT2D eigenvalue weighted by molar-refractivity contribution is -0.126. The molecule has 17 heavy (non-hydrogen) atoms. The number of hydrogen-bond acceptors (Lipinski definition) is 5. The van der Waals surface area contributed by atoms with Gasteiger partial charge in [0.25, 0.3) is 0 Å². The first-order valence-electron chi connectivity index (χ1n) is 5.56. The lowest BCUT2D eigenvalue weighted by Crippen LogP contribution is -2.29. The molecular formula is C11H19N5O. The molecule has 1 aromatic rings. The SMILES string of the molecule is CCNc1ncc(C)c(NCC(=O)N(C)C)n1. The van der Waals surface area contributed by atoms with Gasteiger partial charge in [-0.2, -0.15) is 4.98 Å². The zero-order chi connectivity index (χ0) is 12.8. The lowest BCUT2D eigenvalue weighted by Gasteiger charge is -2.13. The fourth-order valence-corrected chi connectivity index (χ4v) is 1.18. The van der Waals surface area contributed by atoms with Gasteiger partial charge in [-0.05, 0) is 13.8 Å². The van der Waals surface area contributed by atoms with Crippen molar-refractivity contribution in [2.24, 2.45) is 0 Å². The Kier molecular flexibility index (Phi) is 4.68. The molecule has 0 saturated carbocycles. The monoisotopic (exact) mass is 237 g/mol. The number of amides is 1. The van der Waals surface area contributed by atoms with Crippen LogP contribution in [-0.4, -0.2) is 48.0 Å². The summed E-state index contributed by atoms with van der Waals surface area (Å²) in [5, 5.41) is 6.04. The third-order valence-electron chi connectivity index (χ3n) is 2.21. The first kappa shape index (κ1) is 13.2. The van der Waals surface area contributed by atoms with Crippen molar-refractivity contribution in [3.63, 3.8) is 0 Å². The number of hydrogen-bond donors (Lipinski definition) is 2. The van der Waals surface area contributed by atoms with Crippen LogP contribution in [0.4, 0.5) is 11.8 Å². The Morgan fingerprint density at radius 3 is 2.71 bits per heavy atom. The van der Waals surface area contributed by atoms with E-state index < -0.39 is 0 Å². The van der Waals surface area contributed by atoms with Crippen LogP contribution in [-0.2, 0) is 4.79 Å². The normalized spacial score (nSPS) is 9.88. The summed E-state index contributed by atoms with van der Waals surface area (Å²) in [6, 6.07) is 0. The fraction of sp³-hybridized carbons (Fsp3) is 0.545. The maximum atomic E-state index is 11.4. The van der Waals surface area contributed by atoms with E-state index in [-0.39, 0.29) is 12.5 Å². The van der Waals surface area contributed by atoms with E-state index in [1.807, 2.05) is 13.8 Å². The highest BCUT2D eigenvalue weighted by Gasteiger charge is 2.07. The van der Waals surface area contributed by atoms with Crippen LogP contribution in [0.2, 0.25) is 0 Å². The second-order valence-electron chi connectivity index (χ2n) is 3.90. The maximum absolute atomic E-state index is 11.4. The van der Waals surface area contributed by atoms with Gasteiger partial charge in [0.05, 0.1) is 6.54 Å². The Hall–Kier alpha value is -1.85. The fourth-order valence-electron chi connectivity index (χ4n) is 1.18. The molecule has 0 unspecified atom stereocenters. The van der Waals surface area contributed by atoms with Crippen LogP contribution in [0.3, 0.4) is 0 Å². The number of nitrogens with one attached hydrogen (secondary N) is 2. The maximum Gasteiger partial charge on any atom is 0.241 e. The number of aryl methyl sites for hydroxylation is 1. The molecule has 0 fully saturated rings. The van der Waals surface area contributed by atoms with Crippen molar-refractivity contribution < 1.29 is 4.79 Å². The van der Waals surface area contributed by atoms with Crippen molar-refractivity contribution in [2.45, 2.75) is 13.8 Å². The van der Waals surface area contributed by atoms with Gasteiger partial charge in [0.15, 0.2) is 0 Å². The molecule has 2 N–H and O–H groups in total. The summed E-state index contributed by atoms with van der Waals surface area (Å²) in [5.41, 5.74) is 0.915. The molecule has 6 nitrogen and oxygen atoms in total. The van der Waals surface area contributed by atoms with Crippen molar-refractivity contribution >= 4 is 17.7 Å². The largest absolute Gasteiger partial charge is 0.361 e. The van der Waals surface area contributed by atoms with Crippen LogP contribution in [0.25, 0.3) is 0 Å². The number of carbonyl (C=O) groups excluding carboxylic acids is 1. The number of carbonyl (C=O) groups is 1. The second kappa shape index (κ2) is 6.03. The second-order valence-corrected chi connectivity index (χ2v) is 3.90. The predicted octanol–water partition coefficient (Wildman–Crippen LogP) is 0.717. The third-order valence-corrected chi connectivity index (χ3v) is 2.21. The van der Waals surface area contributed by atoms with E-state index in [4.69, 9.17) is 0 Å². The van der Waals surface area contributed by atoms with Crippen LogP contribution in [0, 0.1) is 6.92 Å². The number of likely N-dealkylation sites (N-methyl/N-ethyl adjacent to an activating group) is 1. The Bertz CT molecular complexity index is 391. The average Bonchev–Trinajstić information content (AvgIpc) is 2.29. The highest BCUT2D eigenvalue weighted by atomic mass is 16.2. The van der Waals surface area contributed by atoms with E-state index >= 15 is 0 Å². The number of nitrogens with zero attached hydrogens (tertiary/aromatic N) is 3. The standard InChI is InChI=1S/C11H19N5O/c1-5-12-11-14-6-8(2)10(15-11)13-7-9(17)16(3)4/h6H,5,7H2,1-4H3,(H2,12,13,14,15). The first-order valence-corrected chi connectivity index (χ1v) is 5.56. The van der Waals surface area contributed by atoms with E-state index in [9.17, 15) is 4.79 Å². The van der Waals surface area contributed by atoms with Gasteiger partial charge >= 0.3 is 0 Å². The van der Waals surface area contributed by atoms with E-state index in [1.54, 1.807) is 20.3 Å². The van der Waals surface area contributed by atoms with Crippen molar-refractivity contribution in [2.75, 3.05) is 37.8 Å². The minimum absolute atomic E-state index is 0.00742. The summed E-state index contributed by atoms with van der Waals surface area (Å²) in [7, 11) is 3.45. The van der Waals surface area contributed by atoms with E-state index in [0.717, 1.165) is 12.1 Å². The molecule has 1 aromatic heterocycles. The smallest absolute Gasteiger partial charge is 0.241 e. The molecular weight excluding hydrogens is 218 g/mol. The van der Waals surface area contributed by atoms with Crippen molar-refractivity contribution in [3.8, 4) is 0 Å². The van der Waals surface area contributed by atoms with Gasteiger partial charge in [0, 0.05) is 32.4 Å². The van der Waals surface area contributed by atoms with Gasteiger partial charge in [-0.15, -0.1) is 0 Å². The van der Waals surface area contributed by atoms with Gasteiger partial charge in [-0.3, -0.25) is 4.79 Å². The first-order chi connectivity index (χ1) is 8.04. The Morgan fingerprint density at radius 2 is 2.12 bits per heavy atom. The molecule has 0 radical (unpaired) electrons. The predicted molar refractivity (Wildman–Crippen MR) is 68.1 cm³/mol. The topological polar surface area (TPSA) is 70.2 Å². The minimum atomic E-state index is 0.00742. The quantitative estimate of drug-likeness (QED) is 0.789. The molecule has 94 valence electrons. The molecule has 1 rings (SSSR count). The summed E-state index contributed by atoms with van der Waals surface area (Å²) < 4.78 is 0. The summed E-state index contributed by atoms with van der Waals surface area (Å²) >= 11 is 0. The molecule has 0 aliphatic heterocycles. The third kappa shape index (κ3) is 3.90. The lowest BCUT2D eigenvalue weighted by atomic mass is 10.3. The van der Waals surface area contributed by atoms with Gasteiger partial charge in [-0.25, -0.2) is 4.98 Å². The number of aromatic nitrogens is 2. The van der Waals surface area contributed by atoms with Crippen LogP contribution >= 0.6 is 0 Å². The summed E-state index contributed by atoms with van der Waals surface area (Å²) in [6.07, 6.45) is 1.73. The molecule has 0 saturated heterocycles. The molecule has 0 bridgehead atoms. The van der Waals surface area contributed by atoms with Crippen molar-refractivity contribution in [1.82, 2.24) is 14.9 Å². The molecule has 1 heterocycles. The van der Waals surface area contributed by atoms with E-state index in [1.165, 1.54) is 4.90 Å². The van der Waals surface area contributed by atoms with Crippen molar-refractivity contribution in [3.05, 3.63) is 11.8 Å². The average molecular weight is 237 g/mol. The van der Waals surface area contributed by atoms with Gasteiger partial charge in [0.2, 0.25) is 11.9 Å². The van der Waals surface area contributed by atoms with E-state index in [0.29, 0.717) is 11.8 Å². The van der Waals surface area contributed by atoms with Gasteiger partial charge < -0.3 is 15.5 Å². The Balaban J connectivity index is 2.69. The van der Waals surface area contributed by atoms with Crippen LogP contribution < -0.4 is 10.6 Å². The molecule has 0 spiro atoms. The molecule has 0 atom stereocenters. The van der Waals surface area contributed by atoms with Crippen molar-refractivity contribution in [1.29, 1.82) is 0 Å². The molecule has 0 aliphatic carbocycles. The zero-order valence-corrected chi connectivity index (χ0v) is 10.7. The molecule has 6 heteroatoms. The summed E-state index contributed by atoms with van der Waals surface area (Å²) in [4.78, 5) is 21.4. The van der Waals surface area contributed by atoms with Gasteiger partial charge in [0.1, 0.15) is 5.82 Å². The summed E-state index contributed by atoms with van der Waals surface area (Å²) in [6.45, 7) is 4.87. The highest BCUT2D eigenvalue weighted by molar-refractivity contribution is 5.80. The number of rotatable bonds is 5. The zero-order valence-electron chi connectivity index (χ0n) is 10.7. The van der Waals surface area contributed by atoms with E-state index in [2.05, 4.69) is 20.6 Å². The van der Waals surface area contributed by atoms with Gasteiger partial charge in [-0.1, -0.05) is 0 Å². The molecule has 0 aromatic carbocycles. The molecule has 1 amide bonds.